The summed E-state index contributed by atoms with van der Waals surface area (Å²) in [5, 5.41) is 8.34. The van der Waals surface area contributed by atoms with E-state index >= 15 is 0 Å². The third-order valence-electron chi connectivity index (χ3n) is 2.72. The van der Waals surface area contributed by atoms with Crippen LogP contribution < -0.4 is 0 Å². The molecule has 0 radical (unpaired) electrons. The van der Waals surface area contributed by atoms with Crippen molar-refractivity contribution in [2.45, 2.75) is 0 Å². The Balaban J connectivity index is 2.12. The zero-order valence-electron chi connectivity index (χ0n) is 9.99. The molecule has 19 heavy (non-hydrogen) atoms. The van der Waals surface area contributed by atoms with E-state index in [1.54, 1.807) is 0 Å². The first-order valence-electron chi connectivity index (χ1n) is 5.85. The number of hydrogen-bond donors (Lipinski definition) is 0. The predicted molar refractivity (Wildman–Crippen MR) is 75.7 cm³/mol. The van der Waals surface area contributed by atoms with Crippen molar-refractivity contribution in [3.63, 3.8) is 0 Å². The van der Waals surface area contributed by atoms with E-state index in [-0.39, 0.29) is 0 Å². The van der Waals surface area contributed by atoms with Crippen LogP contribution in [0.15, 0.2) is 60.7 Å². The second kappa shape index (κ2) is 5.16. The summed E-state index contributed by atoms with van der Waals surface area (Å²) in [6.07, 6.45) is 0. The molecule has 92 valence electrons. The fourth-order valence-electron chi connectivity index (χ4n) is 1.80. The molecule has 3 nitrogen and oxygen atoms in total. The van der Waals surface area contributed by atoms with Crippen LogP contribution >= 0.6 is 11.6 Å². The second-order valence-corrected chi connectivity index (χ2v) is 4.36. The molecule has 3 rings (SSSR count). The summed E-state index contributed by atoms with van der Waals surface area (Å²) >= 11 is 6.08. The van der Waals surface area contributed by atoms with Gasteiger partial charge in [-0.3, -0.25) is 0 Å². The van der Waals surface area contributed by atoms with Gasteiger partial charge in [-0.05, 0) is 0 Å². The number of aromatic nitrogens is 3. The maximum atomic E-state index is 6.08. The monoisotopic (exact) mass is 267 g/mol. The highest BCUT2D eigenvalue weighted by molar-refractivity contribution is 6.31. The van der Waals surface area contributed by atoms with Crippen molar-refractivity contribution >= 4 is 11.6 Å². The van der Waals surface area contributed by atoms with Crippen molar-refractivity contribution < 1.29 is 0 Å². The van der Waals surface area contributed by atoms with Crippen LogP contribution in [-0.4, -0.2) is 15.2 Å². The van der Waals surface area contributed by atoms with Crippen LogP contribution in [-0.2, 0) is 0 Å². The molecule has 2 aromatic carbocycles. The Morgan fingerprint density at radius 3 is 1.89 bits per heavy atom. The predicted octanol–water partition coefficient (Wildman–Crippen LogP) is 3.86. The number of benzene rings is 2. The summed E-state index contributed by atoms with van der Waals surface area (Å²) in [5.41, 5.74) is 2.50. The van der Waals surface area contributed by atoms with Gasteiger partial charge >= 0.3 is 0 Å². The molecule has 0 aliphatic carbocycles. The van der Waals surface area contributed by atoms with Crippen molar-refractivity contribution in [3.8, 4) is 22.6 Å². The number of rotatable bonds is 2. The minimum absolute atomic E-state index is 0.311. The van der Waals surface area contributed by atoms with Crippen LogP contribution in [0.4, 0.5) is 0 Å². The van der Waals surface area contributed by atoms with Gasteiger partial charge < -0.3 is 0 Å². The second-order valence-electron chi connectivity index (χ2n) is 4.01. The Hall–Kier alpha value is -2.26. The van der Waals surface area contributed by atoms with E-state index in [1.807, 2.05) is 60.7 Å². The van der Waals surface area contributed by atoms with Crippen molar-refractivity contribution in [2.75, 3.05) is 0 Å². The number of halogens is 1. The van der Waals surface area contributed by atoms with Crippen molar-refractivity contribution in [1.29, 1.82) is 0 Å². The van der Waals surface area contributed by atoms with E-state index in [1.165, 1.54) is 0 Å². The van der Waals surface area contributed by atoms with Crippen molar-refractivity contribution in [2.24, 2.45) is 0 Å². The van der Waals surface area contributed by atoms with Crippen molar-refractivity contribution in [1.82, 2.24) is 15.2 Å². The molecule has 0 fully saturated rings. The molecule has 4 heteroatoms. The van der Waals surface area contributed by atoms with Gasteiger partial charge in [-0.1, -0.05) is 72.3 Å². The molecule has 0 spiro atoms. The first-order chi connectivity index (χ1) is 9.34. The lowest BCUT2D eigenvalue weighted by Gasteiger charge is -2.05. The van der Waals surface area contributed by atoms with E-state index in [4.69, 9.17) is 11.6 Å². The Morgan fingerprint density at radius 1 is 0.684 bits per heavy atom. The Morgan fingerprint density at radius 2 is 1.26 bits per heavy atom. The van der Waals surface area contributed by atoms with Gasteiger partial charge in [0, 0.05) is 11.1 Å². The van der Waals surface area contributed by atoms with Crippen LogP contribution in [0, 0.1) is 0 Å². The van der Waals surface area contributed by atoms with Crippen molar-refractivity contribution in [3.05, 3.63) is 65.8 Å². The summed E-state index contributed by atoms with van der Waals surface area (Å²) in [6.45, 7) is 0. The zero-order valence-corrected chi connectivity index (χ0v) is 10.7. The average Bonchev–Trinajstić information content (AvgIpc) is 2.49. The molecule has 0 amide bonds. The lowest BCUT2D eigenvalue weighted by Crippen LogP contribution is -1.96. The normalized spacial score (nSPS) is 10.4. The molecule has 0 saturated carbocycles. The van der Waals surface area contributed by atoms with Gasteiger partial charge in [0.25, 0.3) is 0 Å². The van der Waals surface area contributed by atoms with Gasteiger partial charge in [-0.25, -0.2) is 4.98 Å². The molecule has 1 heterocycles. The Bertz CT molecular complexity index is 684. The SMILES string of the molecule is Clc1nnc(-c2ccccc2)nc1-c1ccccc1. The third-order valence-corrected chi connectivity index (χ3v) is 2.98. The van der Waals surface area contributed by atoms with Crippen LogP contribution in [0.3, 0.4) is 0 Å². The fraction of sp³-hybridized carbons (Fsp3) is 0. The molecule has 3 aromatic rings. The smallest absolute Gasteiger partial charge is 0.182 e. The highest BCUT2D eigenvalue weighted by atomic mass is 35.5. The summed E-state index contributed by atoms with van der Waals surface area (Å²) in [7, 11) is 0. The highest BCUT2D eigenvalue weighted by Crippen LogP contribution is 2.25. The minimum atomic E-state index is 0.311. The maximum absolute atomic E-state index is 6.08. The van der Waals surface area contributed by atoms with E-state index in [2.05, 4.69) is 15.2 Å². The molecular weight excluding hydrogens is 258 g/mol. The molecule has 0 atom stereocenters. The molecule has 0 saturated heterocycles. The van der Waals surface area contributed by atoms with Gasteiger partial charge in [0.2, 0.25) is 0 Å². The molecule has 0 N–H and O–H groups in total. The van der Waals surface area contributed by atoms with Gasteiger partial charge in [0.1, 0.15) is 5.69 Å². The van der Waals surface area contributed by atoms with E-state index in [0.717, 1.165) is 11.1 Å². The largest absolute Gasteiger partial charge is 0.223 e. The van der Waals surface area contributed by atoms with Gasteiger partial charge in [0.05, 0.1) is 0 Å². The molecule has 1 aromatic heterocycles. The van der Waals surface area contributed by atoms with E-state index in [0.29, 0.717) is 16.7 Å². The number of nitrogens with zero attached hydrogens (tertiary/aromatic N) is 3. The molecule has 0 aliphatic heterocycles. The van der Waals surface area contributed by atoms with Gasteiger partial charge in [0.15, 0.2) is 11.0 Å². The van der Waals surface area contributed by atoms with E-state index in [9.17, 15) is 0 Å². The number of hydrogen-bond acceptors (Lipinski definition) is 3. The zero-order chi connectivity index (χ0) is 13.1. The van der Waals surface area contributed by atoms with Crippen LogP contribution in [0.5, 0.6) is 0 Å². The van der Waals surface area contributed by atoms with Gasteiger partial charge in [-0.15, -0.1) is 10.2 Å². The Labute approximate surface area is 115 Å². The lowest BCUT2D eigenvalue weighted by atomic mass is 10.1. The highest BCUT2D eigenvalue weighted by Gasteiger charge is 2.10. The molecular formula is C15H10ClN3. The van der Waals surface area contributed by atoms with Crippen LogP contribution in [0.25, 0.3) is 22.6 Å². The summed E-state index contributed by atoms with van der Waals surface area (Å²) in [6, 6.07) is 19.4. The average molecular weight is 268 g/mol. The topological polar surface area (TPSA) is 38.7 Å². The Kier molecular flexibility index (Phi) is 3.21. The fourth-order valence-corrected chi connectivity index (χ4v) is 1.99. The standard InChI is InChI=1S/C15H10ClN3/c16-14-13(11-7-3-1-4-8-11)17-15(19-18-14)12-9-5-2-6-10-12/h1-10H. The first-order valence-corrected chi connectivity index (χ1v) is 6.23. The summed E-state index contributed by atoms with van der Waals surface area (Å²) < 4.78 is 0. The molecule has 0 bridgehead atoms. The molecule has 0 aliphatic rings. The first kappa shape index (κ1) is 11.8. The summed E-state index contributed by atoms with van der Waals surface area (Å²) in [5.74, 6) is 0.573. The third kappa shape index (κ3) is 2.46. The maximum Gasteiger partial charge on any atom is 0.182 e. The minimum Gasteiger partial charge on any atom is -0.223 e. The van der Waals surface area contributed by atoms with Crippen LogP contribution in [0.2, 0.25) is 5.15 Å². The van der Waals surface area contributed by atoms with Crippen LogP contribution in [0.1, 0.15) is 0 Å². The molecule has 0 unspecified atom stereocenters. The quantitative estimate of drug-likeness (QED) is 0.708. The summed E-state index contributed by atoms with van der Waals surface area (Å²) in [4.78, 5) is 4.51. The van der Waals surface area contributed by atoms with E-state index < -0.39 is 0 Å². The lowest BCUT2D eigenvalue weighted by molar-refractivity contribution is 0.985. The van der Waals surface area contributed by atoms with Gasteiger partial charge in [-0.2, -0.15) is 0 Å².